The Morgan fingerprint density at radius 2 is 2.17 bits per heavy atom. The summed E-state index contributed by atoms with van der Waals surface area (Å²) in [6.07, 6.45) is 0. The zero-order chi connectivity index (χ0) is 13.1. The zero-order valence-corrected chi connectivity index (χ0v) is 10.5. The van der Waals surface area contributed by atoms with Crippen LogP contribution in [0.4, 0.5) is 10.5 Å². The van der Waals surface area contributed by atoms with Gasteiger partial charge in [0.1, 0.15) is 6.54 Å². The van der Waals surface area contributed by atoms with Gasteiger partial charge in [0.2, 0.25) is 0 Å². The number of thiophene rings is 1. The Bertz CT molecular complexity index is 594. The summed E-state index contributed by atoms with van der Waals surface area (Å²) >= 11 is 1.63. The molecular weight excluding hydrogens is 252 g/mol. The van der Waals surface area contributed by atoms with E-state index >= 15 is 0 Å². The van der Waals surface area contributed by atoms with Gasteiger partial charge in [0.25, 0.3) is 0 Å². The molecule has 0 atom stereocenters. The van der Waals surface area contributed by atoms with E-state index in [2.05, 4.69) is 5.32 Å². The van der Waals surface area contributed by atoms with E-state index in [4.69, 9.17) is 5.11 Å². The second kappa shape index (κ2) is 5.05. The van der Waals surface area contributed by atoms with Crippen LogP contribution in [-0.2, 0) is 4.79 Å². The third-order valence-electron chi connectivity index (χ3n) is 2.42. The quantitative estimate of drug-likeness (QED) is 0.894. The predicted molar refractivity (Wildman–Crippen MR) is 71.1 cm³/mol. The highest BCUT2D eigenvalue weighted by molar-refractivity contribution is 7.17. The second-order valence-corrected chi connectivity index (χ2v) is 4.80. The first-order valence-corrected chi connectivity index (χ1v) is 6.15. The predicted octanol–water partition coefficient (Wildman–Crippen LogP) is 2.45. The molecule has 6 heteroatoms. The van der Waals surface area contributed by atoms with Crippen molar-refractivity contribution in [3.63, 3.8) is 0 Å². The number of anilines is 1. The molecule has 18 heavy (non-hydrogen) atoms. The first-order valence-electron chi connectivity index (χ1n) is 5.27. The molecule has 2 rings (SSSR count). The van der Waals surface area contributed by atoms with Crippen LogP contribution in [0.25, 0.3) is 10.1 Å². The molecular formula is C12H12N2O3S. The topological polar surface area (TPSA) is 69.6 Å². The number of hydrogen-bond acceptors (Lipinski definition) is 3. The maximum atomic E-state index is 11.7. The summed E-state index contributed by atoms with van der Waals surface area (Å²) in [6.45, 7) is -0.327. The van der Waals surface area contributed by atoms with Crippen molar-refractivity contribution < 1.29 is 14.7 Å². The Kier molecular flexibility index (Phi) is 3.47. The van der Waals surface area contributed by atoms with Crippen molar-refractivity contribution in [3.05, 3.63) is 29.6 Å². The van der Waals surface area contributed by atoms with Crippen LogP contribution in [0, 0.1) is 0 Å². The molecule has 2 amide bonds. The van der Waals surface area contributed by atoms with Crippen molar-refractivity contribution in [2.24, 2.45) is 0 Å². The fourth-order valence-electron chi connectivity index (χ4n) is 1.54. The van der Waals surface area contributed by atoms with Crippen LogP contribution in [0.2, 0.25) is 0 Å². The molecule has 5 nitrogen and oxygen atoms in total. The Morgan fingerprint density at radius 1 is 1.39 bits per heavy atom. The van der Waals surface area contributed by atoms with E-state index in [-0.39, 0.29) is 6.54 Å². The van der Waals surface area contributed by atoms with E-state index in [1.807, 2.05) is 23.6 Å². The summed E-state index contributed by atoms with van der Waals surface area (Å²) in [5.41, 5.74) is 0.656. The lowest BCUT2D eigenvalue weighted by Gasteiger charge is -2.15. The molecule has 0 saturated carbocycles. The number of urea groups is 1. The van der Waals surface area contributed by atoms with Gasteiger partial charge >= 0.3 is 12.0 Å². The number of hydrogen-bond donors (Lipinski definition) is 2. The Hall–Kier alpha value is -2.08. The van der Waals surface area contributed by atoms with Crippen LogP contribution in [0.5, 0.6) is 0 Å². The molecule has 0 fully saturated rings. The van der Waals surface area contributed by atoms with Gasteiger partial charge in [0, 0.05) is 17.4 Å². The SMILES string of the molecule is CN(CC(=O)O)C(=O)Nc1ccc2sccc2c1. The number of nitrogens with one attached hydrogen (secondary N) is 1. The van der Waals surface area contributed by atoms with Crippen LogP contribution < -0.4 is 5.32 Å². The number of amides is 2. The standard InChI is InChI=1S/C12H12N2O3S/c1-14(7-11(15)16)12(17)13-9-2-3-10-8(6-9)4-5-18-10/h2-6H,7H2,1H3,(H,13,17)(H,15,16). The molecule has 2 aromatic rings. The second-order valence-electron chi connectivity index (χ2n) is 3.85. The Labute approximate surface area is 108 Å². The monoisotopic (exact) mass is 264 g/mol. The van der Waals surface area contributed by atoms with Gasteiger partial charge in [0.15, 0.2) is 0 Å². The first-order chi connectivity index (χ1) is 8.56. The van der Waals surface area contributed by atoms with Crippen molar-refractivity contribution in [1.29, 1.82) is 0 Å². The number of carboxylic acids is 1. The molecule has 0 bridgehead atoms. The maximum absolute atomic E-state index is 11.7. The van der Waals surface area contributed by atoms with E-state index in [9.17, 15) is 9.59 Å². The Balaban J connectivity index is 2.08. The highest BCUT2D eigenvalue weighted by Gasteiger charge is 2.12. The van der Waals surface area contributed by atoms with E-state index < -0.39 is 12.0 Å². The van der Waals surface area contributed by atoms with Crippen molar-refractivity contribution in [3.8, 4) is 0 Å². The van der Waals surface area contributed by atoms with Gasteiger partial charge < -0.3 is 15.3 Å². The molecule has 2 N–H and O–H groups in total. The number of benzene rings is 1. The lowest BCUT2D eigenvalue weighted by molar-refractivity contribution is -0.137. The number of nitrogens with zero attached hydrogens (tertiary/aromatic N) is 1. The molecule has 1 aromatic heterocycles. The first kappa shape index (κ1) is 12.4. The number of aliphatic carboxylic acids is 1. The molecule has 0 spiro atoms. The smallest absolute Gasteiger partial charge is 0.323 e. The van der Waals surface area contributed by atoms with Crippen molar-refractivity contribution in [1.82, 2.24) is 4.90 Å². The summed E-state index contributed by atoms with van der Waals surface area (Å²) in [5, 5.41) is 14.3. The normalized spacial score (nSPS) is 10.3. The lowest BCUT2D eigenvalue weighted by atomic mass is 10.2. The molecule has 94 valence electrons. The number of carbonyl (C=O) groups excluding carboxylic acids is 1. The van der Waals surface area contributed by atoms with E-state index in [1.165, 1.54) is 7.05 Å². The molecule has 0 aliphatic carbocycles. The molecule has 0 radical (unpaired) electrons. The van der Waals surface area contributed by atoms with E-state index in [1.54, 1.807) is 17.4 Å². The van der Waals surface area contributed by atoms with E-state index in [0.29, 0.717) is 5.69 Å². The zero-order valence-electron chi connectivity index (χ0n) is 9.71. The third-order valence-corrected chi connectivity index (χ3v) is 3.32. The molecule has 0 saturated heterocycles. The fourth-order valence-corrected chi connectivity index (χ4v) is 2.31. The third kappa shape index (κ3) is 2.78. The Morgan fingerprint density at radius 3 is 2.89 bits per heavy atom. The van der Waals surface area contributed by atoms with Crippen LogP contribution in [0.15, 0.2) is 29.6 Å². The molecule has 0 aliphatic heterocycles. The highest BCUT2D eigenvalue weighted by atomic mass is 32.1. The number of likely N-dealkylation sites (N-methyl/N-ethyl adjacent to an activating group) is 1. The van der Waals surface area contributed by atoms with Gasteiger partial charge in [-0.3, -0.25) is 4.79 Å². The summed E-state index contributed by atoms with van der Waals surface area (Å²) in [5.74, 6) is -1.04. The maximum Gasteiger partial charge on any atom is 0.323 e. The number of rotatable bonds is 3. The van der Waals surface area contributed by atoms with Crippen LogP contribution in [0.1, 0.15) is 0 Å². The van der Waals surface area contributed by atoms with Gasteiger partial charge in [-0.25, -0.2) is 4.79 Å². The number of carboxylic acid groups (broad SMARTS) is 1. The van der Waals surface area contributed by atoms with Crippen molar-refractivity contribution >= 4 is 39.1 Å². The minimum Gasteiger partial charge on any atom is -0.480 e. The molecule has 0 unspecified atom stereocenters. The average Bonchev–Trinajstić information content (AvgIpc) is 2.75. The lowest BCUT2D eigenvalue weighted by Crippen LogP contribution is -2.35. The number of fused-ring (bicyclic) bond motifs is 1. The van der Waals surface area contributed by atoms with Gasteiger partial charge in [-0.2, -0.15) is 0 Å². The average molecular weight is 264 g/mol. The van der Waals surface area contributed by atoms with Crippen LogP contribution in [-0.4, -0.2) is 35.6 Å². The van der Waals surface area contributed by atoms with Gasteiger partial charge in [-0.15, -0.1) is 11.3 Å². The highest BCUT2D eigenvalue weighted by Crippen LogP contribution is 2.24. The van der Waals surface area contributed by atoms with Gasteiger partial charge in [-0.05, 0) is 35.0 Å². The van der Waals surface area contributed by atoms with Gasteiger partial charge in [-0.1, -0.05) is 0 Å². The summed E-state index contributed by atoms with van der Waals surface area (Å²) in [4.78, 5) is 23.3. The van der Waals surface area contributed by atoms with Crippen molar-refractivity contribution in [2.45, 2.75) is 0 Å². The summed E-state index contributed by atoms with van der Waals surface area (Å²) < 4.78 is 1.15. The van der Waals surface area contributed by atoms with Crippen LogP contribution >= 0.6 is 11.3 Å². The van der Waals surface area contributed by atoms with Crippen molar-refractivity contribution in [2.75, 3.05) is 18.9 Å². The molecule has 0 aliphatic rings. The fraction of sp³-hybridized carbons (Fsp3) is 0.167. The van der Waals surface area contributed by atoms with E-state index in [0.717, 1.165) is 15.0 Å². The number of carbonyl (C=O) groups is 2. The van der Waals surface area contributed by atoms with Crippen LogP contribution in [0.3, 0.4) is 0 Å². The minimum absolute atomic E-state index is 0.327. The molecule has 1 heterocycles. The summed E-state index contributed by atoms with van der Waals surface area (Å²) in [7, 11) is 1.44. The summed E-state index contributed by atoms with van der Waals surface area (Å²) in [6, 6.07) is 7.11. The largest absolute Gasteiger partial charge is 0.480 e. The molecule has 1 aromatic carbocycles. The van der Waals surface area contributed by atoms with Gasteiger partial charge in [0.05, 0.1) is 0 Å². The minimum atomic E-state index is -1.04.